The third kappa shape index (κ3) is 2.88. The second-order valence-corrected chi connectivity index (χ2v) is 5.66. The summed E-state index contributed by atoms with van der Waals surface area (Å²) >= 11 is 9.19. The molecule has 0 spiro atoms. The van der Waals surface area contributed by atoms with Crippen molar-refractivity contribution in [2.24, 2.45) is 0 Å². The average molecular weight is 342 g/mol. The minimum atomic E-state index is -0.332. The number of halogens is 3. The van der Waals surface area contributed by atoms with Crippen molar-refractivity contribution in [3.63, 3.8) is 0 Å². The van der Waals surface area contributed by atoms with Crippen LogP contribution in [-0.2, 0) is 0 Å². The fourth-order valence-corrected chi connectivity index (χ4v) is 2.94. The van der Waals surface area contributed by atoms with Gasteiger partial charge in [0, 0.05) is 20.6 Å². The van der Waals surface area contributed by atoms with Gasteiger partial charge in [-0.05, 0) is 71.2 Å². The van der Waals surface area contributed by atoms with E-state index in [1.165, 1.54) is 12.1 Å². The molecular weight excluding hydrogens is 331 g/mol. The maximum absolute atomic E-state index is 13.3. The van der Waals surface area contributed by atoms with Crippen molar-refractivity contribution in [2.45, 2.75) is 13.8 Å². The Labute approximate surface area is 124 Å². The maximum atomic E-state index is 13.3. The lowest BCUT2D eigenvalue weighted by molar-refractivity contribution is 0.103. The van der Waals surface area contributed by atoms with Gasteiger partial charge in [-0.3, -0.25) is 4.79 Å². The molecule has 19 heavy (non-hydrogen) atoms. The van der Waals surface area contributed by atoms with Crippen LogP contribution in [0.15, 0.2) is 34.8 Å². The molecule has 0 aliphatic heterocycles. The molecule has 0 aliphatic rings. The topological polar surface area (TPSA) is 17.1 Å². The quantitative estimate of drug-likeness (QED) is 0.695. The van der Waals surface area contributed by atoms with Gasteiger partial charge in [0.2, 0.25) is 0 Å². The highest BCUT2D eigenvalue weighted by Crippen LogP contribution is 2.26. The Morgan fingerprint density at radius 2 is 1.74 bits per heavy atom. The lowest BCUT2D eigenvalue weighted by Crippen LogP contribution is -2.07. The summed E-state index contributed by atoms with van der Waals surface area (Å²) in [7, 11) is 0. The van der Waals surface area contributed by atoms with Gasteiger partial charge in [0.05, 0.1) is 0 Å². The molecule has 4 heteroatoms. The van der Waals surface area contributed by atoms with Gasteiger partial charge in [-0.15, -0.1) is 0 Å². The first kappa shape index (κ1) is 14.2. The first-order chi connectivity index (χ1) is 8.90. The van der Waals surface area contributed by atoms with Crippen molar-refractivity contribution in [3.8, 4) is 0 Å². The fraction of sp³-hybridized carbons (Fsp3) is 0.133. The predicted octanol–water partition coefficient (Wildman–Crippen LogP) is 5.09. The molecule has 0 N–H and O–H groups in total. The molecule has 0 unspecified atom stereocenters. The number of benzene rings is 2. The third-order valence-electron chi connectivity index (χ3n) is 2.90. The first-order valence-corrected chi connectivity index (χ1v) is 6.83. The molecule has 2 aromatic rings. The summed E-state index contributed by atoms with van der Waals surface area (Å²) in [5.41, 5.74) is 2.31. The van der Waals surface area contributed by atoms with Gasteiger partial charge in [0.25, 0.3) is 0 Å². The Morgan fingerprint density at radius 3 is 2.26 bits per heavy atom. The number of hydrogen-bond donors (Lipinski definition) is 0. The molecule has 0 atom stereocenters. The molecule has 0 bridgehead atoms. The van der Waals surface area contributed by atoms with Gasteiger partial charge in [-0.2, -0.15) is 0 Å². The minimum Gasteiger partial charge on any atom is -0.289 e. The van der Waals surface area contributed by atoms with E-state index in [0.717, 1.165) is 0 Å². The zero-order chi connectivity index (χ0) is 14.2. The van der Waals surface area contributed by atoms with Gasteiger partial charge in [-0.1, -0.05) is 11.6 Å². The molecule has 0 aliphatic carbocycles. The molecule has 0 saturated carbocycles. The predicted molar refractivity (Wildman–Crippen MR) is 78.5 cm³/mol. The lowest BCUT2D eigenvalue weighted by Gasteiger charge is -2.10. The van der Waals surface area contributed by atoms with Gasteiger partial charge in [-0.25, -0.2) is 4.39 Å². The number of ketones is 1. The second kappa shape index (κ2) is 5.43. The second-order valence-electron chi connectivity index (χ2n) is 4.37. The Morgan fingerprint density at radius 1 is 1.16 bits per heavy atom. The number of rotatable bonds is 2. The first-order valence-electron chi connectivity index (χ1n) is 5.66. The van der Waals surface area contributed by atoms with Crippen molar-refractivity contribution >= 4 is 33.3 Å². The zero-order valence-electron chi connectivity index (χ0n) is 10.4. The Balaban J connectivity index is 2.56. The van der Waals surface area contributed by atoms with Crippen molar-refractivity contribution in [1.82, 2.24) is 0 Å². The van der Waals surface area contributed by atoms with Crippen molar-refractivity contribution in [1.29, 1.82) is 0 Å². The summed E-state index contributed by atoms with van der Waals surface area (Å²) in [6.45, 7) is 3.46. The number of aryl methyl sites for hydroxylation is 2. The third-order valence-corrected chi connectivity index (χ3v) is 3.79. The van der Waals surface area contributed by atoms with E-state index < -0.39 is 0 Å². The highest BCUT2D eigenvalue weighted by molar-refractivity contribution is 9.10. The summed E-state index contributed by atoms with van der Waals surface area (Å²) in [4.78, 5) is 12.5. The number of carbonyl (C=O) groups excluding carboxylic acids is 1. The Hall–Kier alpha value is -1.19. The molecule has 1 nitrogen and oxygen atoms in total. The van der Waals surface area contributed by atoms with E-state index in [9.17, 15) is 9.18 Å². The highest BCUT2D eigenvalue weighted by Gasteiger charge is 2.18. The summed E-state index contributed by atoms with van der Waals surface area (Å²) in [6, 6.07) is 7.72. The monoisotopic (exact) mass is 340 g/mol. The van der Waals surface area contributed by atoms with E-state index in [2.05, 4.69) is 15.9 Å². The van der Waals surface area contributed by atoms with Crippen LogP contribution in [0.5, 0.6) is 0 Å². The smallest absolute Gasteiger partial charge is 0.194 e. The largest absolute Gasteiger partial charge is 0.289 e. The van der Waals surface area contributed by atoms with Crippen LogP contribution in [0.2, 0.25) is 5.02 Å². The van der Waals surface area contributed by atoms with Crippen LogP contribution >= 0.6 is 27.5 Å². The molecule has 2 rings (SSSR count). The number of hydrogen-bond acceptors (Lipinski definition) is 1. The van der Waals surface area contributed by atoms with E-state index in [-0.39, 0.29) is 11.6 Å². The molecule has 0 radical (unpaired) electrons. The van der Waals surface area contributed by atoms with E-state index >= 15 is 0 Å². The summed E-state index contributed by atoms with van der Waals surface area (Å²) < 4.78 is 13.9. The van der Waals surface area contributed by atoms with Gasteiger partial charge in [0.15, 0.2) is 5.78 Å². The average Bonchev–Trinajstić information content (AvgIpc) is 2.26. The molecule has 0 saturated heterocycles. The maximum Gasteiger partial charge on any atom is 0.194 e. The Bertz CT molecular complexity index is 644. The molecule has 2 aromatic carbocycles. The lowest BCUT2D eigenvalue weighted by atomic mass is 9.95. The fourth-order valence-electron chi connectivity index (χ4n) is 2.08. The van der Waals surface area contributed by atoms with Gasteiger partial charge in [0.1, 0.15) is 5.82 Å². The van der Waals surface area contributed by atoms with Crippen LogP contribution in [0.3, 0.4) is 0 Å². The van der Waals surface area contributed by atoms with Crippen LogP contribution in [-0.4, -0.2) is 5.78 Å². The molecule has 0 aromatic heterocycles. The zero-order valence-corrected chi connectivity index (χ0v) is 12.8. The standard InChI is InChI=1S/C15H11BrClFO/c1-8-5-11(18)6-9(2)14(8)15(19)12-4-3-10(17)7-13(12)16/h3-7H,1-2H3. The summed E-state index contributed by atoms with van der Waals surface area (Å²) in [6.07, 6.45) is 0. The molecule has 0 fully saturated rings. The molecule has 98 valence electrons. The molecule has 0 heterocycles. The van der Waals surface area contributed by atoms with Crippen LogP contribution in [0, 0.1) is 19.7 Å². The van der Waals surface area contributed by atoms with Crippen molar-refractivity contribution < 1.29 is 9.18 Å². The van der Waals surface area contributed by atoms with Crippen LogP contribution in [0.1, 0.15) is 27.0 Å². The SMILES string of the molecule is Cc1cc(F)cc(C)c1C(=O)c1ccc(Cl)cc1Br. The van der Waals surface area contributed by atoms with Crippen LogP contribution < -0.4 is 0 Å². The van der Waals surface area contributed by atoms with E-state index in [1.54, 1.807) is 32.0 Å². The summed E-state index contributed by atoms with van der Waals surface area (Å²) in [5.74, 6) is -0.472. The van der Waals surface area contributed by atoms with E-state index in [0.29, 0.717) is 31.7 Å². The van der Waals surface area contributed by atoms with Crippen molar-refractivity contribution in [3.05, 3.63) is 67.9 Å². The normalized spacial score (nSPS) is 10.6. The summed E-state index contributed by atoms with van der Waals surface area (Å²) in [5, 5.41) is 0.552. The minimum absolute atomic E-state index is 0.140. The van der Waals surface area contributed by atoms with Crippen LogP contribution in [0.25, 0.3) is 0 Å². The van der Waals surface area contributed by atoms with Gasteiger partial charge < -0.3 is 0 Å². The Kier molecular flexibility index (Phi) is 4.07. The molecular formula is C15H11BrClFO. The van der Waals surface area contributed by atoms with E-state index in [4.69, 9.17) is 11.6 Å². The number of carbonyl (C=O) groups is 1. The van der Waals surface area contributed by atoms with Crippen LogP contribution in [0.4, 0.5) is 4.39 Å². The van der Waals surface area contributed by atoms with Crippen molar-refractivity contribution in [2.75, 3.05) is 0 Å². The van der Waals surface area contributed by atoms with E-state index in [1.807, 2.05) is 0 Å². The molecule has 0 amide bonds. The highest BCUT2D eigenvalue weighted by atomic mass is 79.9. The van der Waals surface area contributed by atoms with Gasteiger partial charge >= 0.3 is 0 Å².